The molecule has 2 fully saturated rings. The smallest absolute Gasteiger partial charge is 0.255 e. The Hall–Kier alpha value is -2.54. The summed E-state index contributed by atoms with van der Waals surface area (Å²) in [4.78, 5) is 33.3. The molecule has 0 spiro atoms. The van der Waals surface area contributed by atoms with Crippen molar-refractivity contribution in [3.8, 4) is 0 Å². The summed E-state index contributed by atoms with van der Waals surface area (Å²) in [6.45, 7) is 5.23. The Bertz CT molecular complexity index is 876. The molecule has 0 atom stereocenters. The number of piperidine rings is 1. The molecule has 0 N–H and O–H groups in total. The van der Waals surface area contributed by atoms with Gasteiger partial charge < -0.3 is 24.0 Å². The number of hydrogen-bond acceptors (Lipinski definition) is 4. The predicted octanol–water partition coefficient (Wildman–Crippen LogP) is 1.78. The number of rotatable bonds is 4. The second-order valence-corrected chi connectivity index (χ2v) is 8.36. The van der Waals surface area contributed by atoms with Crippen LogP contribution in [0.15, 0.2) is 30.5 Å². The predicted molar refractivity (Wildman–Crippen MR) is 114 cm³/mol. The molecule has 7 nitrogen and oxygen atoms in total. The molecule has 2 aliphatic rings. The lowest BCUT2D eigenvalue weighted by atomic mass is 10.1. The van der Waals surface area contributed by atoms with Crippen molar-refractivity contribution in [2.75, 3.05) is 64.8 Å². The third kappa shape index (κ3) is 4.24. The number of pyridine rings is 1. The topological polar surface area (TPSA) is 51.5 Å². The Kier molecular flexibility index (Phi) is 5.76. The number of carbonyl (C=O) groups excluding carboxylic acids is 2. The van der Waals surface area contributed by atoms with Crippen molar-refractivity contribution in [1.82, 2.24) is 19.1 Å². The Morgan fingerprint density at radius 1 is 0.862 bits per heavy atom. The molecular weight excluding hydrogens is 366 g/mol. The quantitative estimate of drug-likeness (QED) is 0.789. The minimum absolute atomic E-state index is 0.130. The number of fused-ring (bicyclic) bond motifs is 1. The van der Waals surface area contributed by atoms with E-state index in [2.05, 4.69) is 21.4 Å². The first-order chi connectivity index (χ1) is 14.0. The molecule has 0 unspecified atom stereocenters. The first-order valence-corrected chi connectivity index (χ1v) is 10.6. The molecule has 2 aromatic heterocycles. The van der Waals surface area contributed by atoms with Crippen LogP contribution in [-0.2, 0) is 4.79 Å². The minimum atomic E-state index is 0.130. The van der Waals surface area contributed by atoms with E-state index in [4.69, 9.17) is 0 Å². The van der Waals surface area contributed by atoms with Gasteiger partial charge in [-0.25, -0.2) is 0 Å². The Morgan fingerprint density at radius 3 is 2.24 bits per heavy atom. The molecule has 0 aromatic carbocycles. The van der Waals surface area contributed by atoms with Crippen molar-refractivity contribution in [2.45, 2.75) is 19.3 Å². The molecule has 2 saturated heterocycles. The molecule has 2 aliphatic heterocycles. The first kappa shape index (κ1) is 19.8. The number of amides is 2. The fourth-order valence-electron chi connectivity index (χ4n) is 4.31. The fraction of sp³-hybridized carbons (Fsp3) is 0.545. The SMILES string of the molecule is CN(C)CC(=O)N1CCN(c2ccc3ccc(C(=O)N4CCCCC4)cn23)CC1. The maximum Gasteiger partial charge on any atom is 0.255 e. The highest BCUT2D eigenvalue weighted by molar-refractivity contribution is 5.94. The number of carbonyl (C=O) groups is 2. The number of piperazine rings is 1. The van der Waals surface area contributed by atoms with Crippen LogP contribution in [0.5, 0.6) is 0 Å². The molecule has 7 heteroatoms. The summed E-state index contributed by atoms with van der Waals surface area (Å²) in [6.07, 6.45) is 5.39. The van der Waals surface area contributed by atoms with Crippen molar-refractivity contribution in [3.63, 3.8) is 0 Å². The number of likely N-dealkylation sites (tertiary alicyclic amines) is 1. The van der Waals surface area contributed by atoms with Gasteiger partial charge in [0.2, 0.25) is 5.91 Å². The van der Waals surface area contributed by atoms with Gasteiger partial charge in [0, 0.05) is 51.0 Å². The van der Waals surface area contributed by atoms with Crippen LogP contribution in [0.2, 0.25) is 0 Å². The van der Waals surface area contributed by atoms with Crippen molar-refractivity contribution in [2.24, 2.45) is 0 Å². The van der Waals surface area contributed by atoms with E-state index in [1.807, 2.05) is 47.1 Å². The summed E-state index contributed by atoms with van der Waals surface area (Å²) in [5, 5.41) is 0. The van der Waals surface area contributed by atoms with Crippen LogP contribution in [0.3, 0.4) is 0 Å². The van der Waals surface area contributed by atoms with Gasteiger partial charge >= 0.3 is 0 Å². The van der Waals surface area contributed by atoms with Gasteiger partial charge in [0.25, 0.3) is 5.91 Å². The Morgan fingerprint density at radius 2 is 1.55 bits per heavy atom. The molecule has 0 aliphatic carbocycles. The zero-order valence-electron chi connectivity index (χ0n) is 17.5. The van der Waals surface area contributed by atoms with Crippen LogP contribution in [0.25, 0.3) is 5.52 Å². The number of nitrogens with zero attached hydrogens (tertiary/aromatic N) is 5. The van der Waals surface area contributed by atoms with Gasteiger partial charge in [-0.2, -0.15) is 0 Å². The number of aromatic nitrogens is 1. The lowest BCUT2D eigenvalue weighted by Gasteiger charge is -2.36. The van der Waals surface area contributed by atoms with Gasteiger partial charge in [-0.05, 0) is 57.6 Å². The van der Waals surface area contributed by atoms with Gasteiger partial charge in [0.05, 0.1) is 12.1 Å². The van der Waals surface area contributed by atoms with Crippen LogP contribution in [-0.4, -0.2) is 90.8 Å². The monoisotopic (exact) mass is 397 g/mol. The molecule has 0 bridgehead atoms. The number of likely N-dealkylation sites (N-methyl/N-ethyl adjacent to an activating group) is 1. The zero-order valence-corrected chi connectivity index (χ0v) is 17.5. The zero-order chi connectivity index (χ0) is 20.4. The van der Waals surface area contributed by atoms with E-state index < -0.39 is 0 Å². The second kappa shape index (κ2) is 8.45. The van der Waals surface area contributed by atoms with Crippen LogP contribution in [0.4, 0.5) is 5.82 Å². The first-order valence-electron chi connectivity index (χ1n) is 10.6. The summed E-state index contributed by atoms with van der Waals surface area (Å²) in [5.41, 5.74) is 1.83. The highest BCUT2D eigenvalue weighted by Gasteiger charge is 2.24. The van der Waals surface area contributed by atoms with Crippen molar-refractivity contribution >= 4 is 23.1 Å². The van der Waals surface area contributed by atoms with Crippen LogP contribution >= 0.6 is 0 Å². The maximum absolute atomic E-state index is 12.9. The molecule has 29 heavy (non-hydrogen) atoms. The molecule has 0 saturated carbocycles. The average Bonchev–Trinajstić information content (AvgIpc) is 3.16. The van der Waals surface area contributed by atoms with Gasteiger partial charge in [0.1, 0.15) is 5.82 Å². The van der Waals surface area contributed by atoms with E-state index in [0.29, 0.717) is 6.54 Å². The maximum atomic E-state index is 12.9. The van der Waals surface area contributed by atoms with Crippen molar-refractivity contribution < 1.29 is 9.59 Å². The lowest BCUT2D eigenvalue weighted by molar-refractivity contribution is -0.132. The molecule has 2 aromatic rings. The van der Waals surface area contributed by atoms with Crippen LogP contribution in [0, 0.1) is 0 Å². The largest absolute Gasteiger partial charge is 0.354 e. The van der Waals surface area contributed by atoms with Crippen LogP contribution < -0.4 is 4.90 Å². The van der Waals surface area contributed by atoms with Gasteiger partial charge in [0.15, 0.2) is 0 Å². The van der Waals surface area contributed by atoms with Crippen molar-refractivity contribution in [1.29, 1.82) is 0 Å². The van der Waals surface area contributed by atoms with E-state index in [1.165, 1.54) is 6.42 Å². The average molecular weight is 398 g/mol. The third-order valence-electron chi connectivity index (χ3n) is 5.93. The molecule has 2 amide bonds. The van der Waals surface area contributed by atoms with E-state index in [1.54, 1.807) is 0 Å². The highest BCUT2D eigenvalue weighted by atomic mass is 16.2. The molecule has 4 heterocycles. The Balaban J connectivity index is 1.48. The Labute approximate surface area is 172 Å². The lowest BCUT2D eigenvalue weighted by Crippen LogP contribution is -2.51. The highest BCUT2D eigenvalue weighted by Crippen LogP contribution is 2.23. The summed E-state index contributed by atoms with van der Waals surface area (Å²) in [6, 6.07) is 8.17. The summed E-state index contributed by atoms with van der Waals surface area (Å²) < 4.78 is 2.12. The second-order valence-electron chi connectivity index (χ2n) is 8.36. The van der Waals surface area contributed by atoms with Gasteiger partial charge in [-0.1, -0.05) is 0 Å². The van der Waals surface area contributed by atoms with E-state index >= 15 is 0 Å². The third-order valence-corrected chi connectivity index (χ3v) is 5.93. The van der Waals surface area contributed by atoms with E-state index in [-0.39, 0.29) is 11.8 Å². The van der Waals surface area contributed by atoms with E-state index in [9.17, 15) is 9.59 Å². The summed E-state index contributed by atoms with van der Waals surface area (Å²) >= 11 is 0. The summed E-state index contributed by atoms with van der Waals surface area (Å²) in [5.74, 6) is 1.41. The molecule has 156 valence electrons. The molecule has 4 rings (SSSR count). The molecule has 0 radical (unpaired) electrons. The molecular formula is C22H31N5O2. The van der Waals surface area contributed by atoms with Gasteiger partial charge in [-0.15, -0.1) is 0 Å². The normalized spacial score (nSPS) is 18.0. The fourth-order valence-corrected chi connectivity index (χ4v) is 4.31. The van der Waals surface area contributed by atoms with Gasteiger partial charge in [-0.3, -0.25) is 9.59 Å². The summed E-state index contributed by atoms with van der Waals surface area (Å²) in [7, 11) is 3.84. The van der Waals surface area contributed by atoms with Crippen LogP contribution in [0.1, 0.15) is 29.6 Å². The minimum Gasteiger partial charge on any atom is -0.354 e. The van der Waals surface area contributed by atoms with Crippen molar-refractivity contribution in [3.05, 3.63) is 36.0 Å². The number of anilines is 1. The standard InChI is InChI=1S/C22H31N5O2/c1-23(2)17-21(28)25-14-12-24(13-15-25)20-9-8-19-7-6-18(16-27(19)20)22(29)26-10-4-3-5-11-26/h6-9,16H,3-5,10-15,17H2,1-2H3. The number of hydrogen-bond donors (Lipinski definition) is 0. The van der Waals surface area contributed by atoms with E-state index in [0.717, 1.165) is 69.0 Å².